The molecule has 0 spiro atoms. The van der Waals surface area contributed by atoms with Crippen LogP contribution in [0.25, 0.3) is 21.9 Å². The second-order valence-electron chi connectivity index (χ2n) is 7.11. The van der Waals surface area contributed by atoms with Crippen LogP contribution in [0.15, 0.2) is 52.4 Å². The standard InChI is InChI=1S/C22H20N4O4S/c1-29-13-7-8-15(17(11-13)30-2)23-18(27)12-26-16-6-4-3-5-14(16)19-20(26)21(28)25-9-10-31-22(25)24-19/h3-8,11H,9-10,12H2,1-2H3,(H,23,27). The minimum Gasteiger partial charge on any atom is -0.497 e. The summed E-state index contributed by atoms with van der Waals surface area (Å²) in [5.74, 6) is 1.67. The zero-order valence-electron chi connectivity index (χ0n) is 17.0. The Balaban J connectivity index is 1.57. The first kappa shape index (κ1) is 19.5. The number of thioether (sulfide) groups is 1. The van der Waals surface area contributed by atoms with E-state index in [1.807, 2.05) is 24.3 Å². The largest absolute Gasteiger partial charge is 0.497 e. The van der Waals surface area contributed by atoms with Gasteiger partial charge in [0, 0.05) is 23.8 Å². The van der Waals surface area contributed by atoms with Crippen LogP contribution in [0.2, 0.25) is 0 Å². The lowest BCUT2D eigenvalue weighted by atomic mass is 10.2. The Kier molecular flexibility index (Phi) is 4.82. The number of benzene rings is 2. The van der Waals surface area contributed by atoms with Crippen molar-refractivity contribution in [1.82, 2.24) is 14.1 Å². The molecule has 158 valence electrons. The van der Waals surface area contributed by atoms with Crippen LogP contribution in [0.3, 0.4) is 0 Å². The highest BCUT2D eigenvalue weighted by Crippen LogP contribution is 2.31. The van der Waals surface area contributed by atoms with E-state index in [0.717, 1.165) is 21.8 Å². The average Bonchev–Trinajstić information content (AvgIpc) is 3.38. The van der Waals surface area contributed by atoms with Crippen molar-refractivity contribution >= 4 is 45.3 Å². The van der Waals surface area contributed by atoms with Crippen molar-refractivity contribution in [2.24, 2.45) is 0 Å². The molecule has 9 heteroatoms. The molecule has 3 heterocycles. The van der Waals surface area contributed by atoms with Crippen LogP contribution in [-0.4, -0.2) is 40.0 Å². The van der Waals surface area contributed by atoms with Gasteiger partial charge in [-0.1, -0.05) is 30.0 Å². The zero-order chi connectivity index (χ0) is 21.5. The van der Waals surface area contributed by atoms with Gasteiger partial charge in [-0.2, -0.15) is 0 Å². The van der Waals surface area contributed by atoms with Gasteiger partial charge >= 0.3 is 0 Å². The molecule has 0 unspecified atom stereocenters. The summed E-state index contributed by atoms with van der Waals surface area (Å²) in [4.78, 5) is 31.0. The quantitative estimate of drug-likeness (QED) is 0.484. The normalized spacial score (nSPS) is 12.8. The number of para-hydroxylation sites is 1. The number of anilines is 1. The highest BCUT2D eigenvalue weighted by Gasteiger charge is 2.23. The van der Waals surface area contributed by atoms with E-state index in [1.54, 1.807) is 46.2 Å². The number of rotatable bonds is 5. The smallest absolute Gasteiger partial charge is 0.278 e. The third-order valence-electron chi connectivity index (χ3n) is 5.36. The number of hydrogen-bond acceptors (Lipinski definition) is 6. The molecular formula is C22H20N4O4S. The summed E-state index contributed by atoms with van der Waals surface area (Å²) >= 11 is 1.58. The Hall–Kier alpha value is -3.46. The van der Waals surface area contributed by atoms with Gasteiger partial charge < -0.3 is 19.4 Å². The first-order valence-electron chi connectivity index (χ1n) is 9.77. The number of methoxy groups -OCH3 is 2. The molecule has 0 radical (unpaired) electrons. The molecule has 0 fully saturated rings. The lowest BCUT2D eigenvalue weighted by molar-refractivity contribution is -0.116. The Labute approximate surface area is 181 Å². The molecule has 1 N–H and O–H groups in total. The molecule has 5 rings (SSSR count). The summed E-state index contributed by atoms with van der Waals surface area (Å²) < 4.78 is 14.0. The number of carbonyl (C=O) groups is 1. The fraction of sp³-hybridized carbons (Fsp3) is 0.227. The summed E-state index contributed by atoms with van der Waals surface area (Å²) in [6, 6.07) is 12.8. The number of aromatic nitrogens is 3. The van der Waals surface area contributed by atoms with Gasteiger partial charge in [0.25, 0.3) is 5.56 Å². The summed E-state index contributed by atoms with van der Waals surface area (Å²) in [6.07, 6.45) is 0. The number of fused-ring (bicyclic) bond motifs is 4. The highest BCUT2D eigenvalue weighted by molar-refractivity contribution is 7.99. The number of nitrogens with zero attached hydrogens (tertiary/aromatic N) is 3. The van der Waals surface area contributed by atoms with Crippen molar-refractivity contribution < 1.29 is 14.3 Å². The Morgan fingerprint density at radius 3 is 2.84 bits per heavy atom. The monoisotopic (exact) mass is 436 g/mol. The van der Waals surface area contributed by atoms with E-state index in [1.165, 1.54) is 7.11 Å². The molecule has 1 amide bonds. The van der Waals surface area contributed by atoms with Gasteiger partial charge in [0.15, 0.2) is 5.16 Å². The predicted molar refractivity (Wildman–Crippen MR) is 120 cm³/mol. The molecule has 0 bridgehead atoms. The van der Waals surface area contributed by atoms with Crippen LogP contribution in [-0.2, 0) is 17.9 Å². The first-order valence-corrected chi connectivity index (χ1v) is 10.8. The molecule has 4 aromatic rings. The van der Waals surface area contributed by atoms with Crippen molar-refractivity contribution in [2.45, 2.75) is 18.2 Å². The summed E-state index contributed by atoms with van der Waals surface area (Å²) in [6.45, 7) is 0.598. The Morgan fingerprint density at radius 1 is 1.19 bits per heavy atom. The van der Waals surface area contributed by atoms with Gasteiger partial charge in [-0.25, -0.2) is 4.98 Å². The second kappa shape index (κ2) is 7.66. The minimum atomic E-state index is -0.273. The SMILES string of the molecule is COc1ccc(NC(=O)Cn2c3ccccc3c3nc4n(c(=O)c32)CCS4)c(OC)c1. The predicted octanol–water partition coefficient (Wildman–Crippen LogP) is 3.11. The van der Waals surface area contributed by atoms with E-state index in [2.05, 4.69) is 5.32 Å². The molecule has 2 aromatic heterocycles. The van der Waals surface area contributed by atoms with E-state index >= 15 is 0 Å². The molecule has 0 aliphatic carbocycles. The Morgan fingerprint density at radius 2 is 2.03 bits per heavy atom. The number of amides is 1. The van der Waals surface area contributed by atoms with Crippen molar-refractivity contribution in [3.8, 4) is 11.5 Å². The van der Waals surface area contributed by atoms with E-state index in [0.29, 0.717) is 34.8 Å². The van der Waals surface area contributed by atoms with Crippen LogP contribution in [0, 0.1) is 0 Å². The van der Waals surface area contributed by atoms with Gasteiger partial charge in [-0.3, -0.25) is 14.2 Å². The minimum absolute atomic E-state index is 0.0252. The molecule has 8 nitrogen and oxygen atoms in total. The third-order valence-corrected chi connectivity index (χ3v) is 6.32. The molecule has 0 saturated heterocycles. The highest BCUT2D eigenvalue weighted by atomic mass is 32.2. The average molecular weight is 436 g/mol. The van der Waals surface area contributed by atoms with Crippen LogP contribution in [0.4, 0.5) is 5.69 Å². The maximum Gasteiger partial charge on any atom is 0.278 e. The molecular weight excluding hydrogens is 416 g/mol. The summed E-state index contributed by atoms with van der Waals surface area (Å²) in [5, 5.41) is 4.47. The van der Waals surface area contributed by atoms with Gasteiger partial charge in [-0.15, -0.1) is 0 Å². The van der Waals surface area contributed by atoms with Gasteiger partial charge in [0.05, 0.1) is 25.4 Å². The van der Waals surface area contributed by atoms with Gasteiger partial charge in [-0.05, 0) is 18.2 Å². The van der Waals surface area contributed by atoms with E-state index in [9.17, 15) is 9.59 Å². The lowest BCUT2D eigenvalue weighted by Crippen LogP contribution is -2.25. The lowest BCUT2D eigenvalue weighted by Gasteiger charge is -2.13. The molecule has 2 aromatic carbocycles. The number of ether oxygens (including phenoxy) is 2. The summed E-state index contributed by atoms with van der Waals surface area (Å²) in [5.41, 5.74) is 2.30. The third kappa shape index (κ3) is 3.21. The zero-order valence-corrected chi connectivity index (χ0v) is 17.9. The van der Waals surface area contributed by atoms with Crippen molar-refractivity contribution in [2.75, 3.05) is 25.3 Å². The fourth-order valence-corrected chi connectivity index (χ4v) is 4.86. The van der Waals surface area contributed by atoms with Crippen molar-refractivity contribution in [3.63, 3.8) is 0 Å². The van der Waals surface area contributed by atoms with Gasteiger partial charge in [0.1, 0.15) is 29.1 Å². The first-order chi connectivity index (χ1) is 15.1. The number of nitrogens with one attached hydrogen (secondary N) is 1. The molecule has 0 saturated carbocycles. The molecule has 31 heavy (non-hydrogen) atoms. The summed E-state index contributed by atoms with van der Waals surface area (Å²) in [7, 11) is 3.10. The number of hydrogen-bond donors (Lipinski definition) is 1. The second-order valence-corrected chi connectivity index (χ2v) is 8.18. The molecule has 0 atom stereocenters. The van der Waals surface area contributed by atoms with Crippen LogP contribution >= 0.6 is 11.8 Å². The van der Waals surface area contributed by atoms with Crippen molar-refractivity contribution in [3.05, 3.63) is 52.8 Å². The van der Waals surface area contributed by atoms with E-state index < -0.39 is 0 Å². The molecule has 1 aliphatic rings. The van der Waals surface area contributed by atoms with E-state index in [4.69, 9.17) is 14.5 Å². The molecule has 1 aliphatic heterocycles. The van der Waals surface area contributed by atoms with Gasteiger partial charge in [0.2, 0.25) is 5.91 Å². The van der Waals surface area contributed by atoms with Crippen LogP contribution in [0.1, 0.15) is 0 Å². The van der Waals surface area contributed by atoms with Crippen molar-refractivity contribution in [1.29, 1.82) is 0 Å². The maximum absolute atomic E-state index is 13.2. The van der Waals surface area contributed by atoms with Crippen LogP contribution in [0.5, 0.6) is 11.5 Å². The van der Waals surface area contributed by atoms with E-state index in [-0.39, 0.29) is 18.0 Å². The Bertz CT molecular complexity index is 1390. The fourth-order valence-electron chi connectivity index (χ4n) is 3.92. The number of carbonyl (C=O) groups excluding carboxylic acids is 1. The maximum atomic E-state index is 13.2. The van der Waals surface area contributed by atoms with Crippen LogP contribution < -0.4 is 20.3 Å². The topological polar surface area (TPSA) is 87.4 Å².